The lowest BCUT2D eigenvalue weighted by atomic mass is 10.1. The standard InChI is InChI=1S/C21H19N5OS/c27-19(11-13-28)22-16-8-4-9-17(14-16)23-21-24-20-18(10-5-12-26(20)25-21)15-6-2-1-3-7-15/h1-10,12,14H,11,13H2,(H3,22,23,25,27,28)/p+1. The first-order valence-corrected chi connectivity index (χ1v) is 9.60. The van der Waals surface area contributed by atoms with Gasteiger partial charge in [0.15, 0.2) is 0 Å². The third-order valence-corrected chi connectivity index (χ3v) is 4.47. The van der Waals surface area contributed by atoms with Gasteiger partial charge in [0, 0.05) is 22.8 Å². The van der Waals surface area contributed by atoms with Gasteiger partial charge in [-0.2, -0.15) is 17.7 Å². The summed E-state index contributed by atoms with van der Waals surface area (Å²) in [6.07, 6.45) is 2.30. The number of pyridine rings is 1. The number of rotatable bonds is 6. The first-order valence-electron chi connectivity index (χ1n) is 8.96. The summed E-state index contributed by atoms with van der Waals surface area (Å²) < 4.78 is 1.88. The lowest BCUT2D eigenvalue weighted by molar-refractivity contribution is -0.576. The number of amides is 1. The van der Waals surface area contributed by atoms with E-state index in [2.05, 4.69) is 40.5 Å². The maximum Gasteiger partial charge on any atom is 0.358 e. The SMILES string of the molecule is O=C(CCS)Nc1cccc(Nc2nc3c(-c4ccccc4)ccc[n+]3[nH]2)c1. The predicted molar refractivity (Wildman–Crippen MR) is 114 cm³/mol. The summed E-state index contributed by atoms with van der Waals surface area (Å²) in [4.78, 5) is 16.5. The Hall–Kier alpha value is -3.32. The van der Waals surface area contributed by atoms with Gasteiger partial charge in [-0.1, -0.05) is 36.4 Å². The molecule has 4 aromatic rings. The smallest absolute Gasteiger partial charge is 0.326 e. The van der Waals surface area contributed by atoms with E-state index in [1.165, 1.54) is 0 Å². The fourth-order valence-electron chi connectivity index (χ4n) is 2.98. The molecule has 2 aromatic carbocycles. The number of anilines is 3. The van der Waals surface area contributed by atoms with Crippen molar-refractivity contribution in [1.29, 1.82) is 0 Å². The Balaban J connectivity index is 1.60. The van der Waals surface area contributed by atoms with Gasteiger partial charge in [0.1, 0.15) is 6.20 Å². The molecule has 1 amide bonds. The summed E-state index contributed by atoms with van der Waals surface area (Å²) in [6, 6.07) is 21.7. The highest BCUT2D eigenvalue weighted by Gasteiger charge is 2.18. The average molecular weight is 390 g/mol. The molecule has 0 spiro atoms. The van der Waals surface area contributed by atoms with Crippen LogP contribution in [0.3, 0.4) is 0 Å². The number of benzene rings is 2. The second kappa shape index (κ2) is 8.14. The number of aromatic amines is 1. The van der Waals surface area contributed by atoms with E-state index in [9.17, 15) is 4.79 Å². The molecule has 0 radical (unpaired) electrons. The quantitative estimate of drug-likeness (QED) is 0.299. The Kier molecular flexibility index (Phi) is 5.25. The van der Waals surface area contributed by atoms with Crippen molar-refractivity contribution in [2.45, 2.75) is 6.42 Å². The molecule has 0 atom stereocenters. The van der Waals surface area contributed by atoms with Gasteiger partial charge in [0.25, 0.3) is 0 Å². The molecule has 0 saturated heterocycles. The molecule has 3 N–H and O–H groups in total. The molecule has 2 aromatic heterocycles. The van der Waals surface area contributed by atoms with Crippen LogP contribution in [0.2, 0.25) is 0 Å². The zero-order valence-electron chi connectivity index (χ0n) is 15.1. The molecule has 0 saturated carbocycles. The maximum absolute atomic E-state index is 11.8. The lowest BCUT2D eigenvalue weighted by Crippen LogP contribution is -2.22. The van der Waals surface area contributed by atoms with Crippen LogP contribution in [0.4, 0.5) is 17.3 Å². The normalized spacial score (nSPS) is 10.8. The monoisotopic (exact) mass is 390 g/mol. The summed E-state index contributed by atoms with van der Waals surface area (Å²) in [6.45, 7) is 0. The summed E-state index contributed by atoms with van der Waals surface area (Å²) in [5, 5.41) is 9.36. The second-order valence-electron chi connectivity index (χ2n) is 6.28. The molecule has 0 fully saturated rings. The van der Waals surface area contributed by atoms with Crippen LogP contribution in [0.15, 0.2) is 72.9 Å². The number of carbonyl (C=O) groups excluding carboxylic acids is 1. The highest BCUT2D eigenvalue weighted by atomic mass is 32.1. The van der Waals surface area contributed by atoms with E-state index in [0.717, 1.165) is 28.1 Å². The number of nitrogens with zero attached hydrogens (tertiary/aromatic N) is 2. The molecule has 4 rings (SSSR count). The number of nitrogens with one attached hydrogen (secondary N) is 3. The van der Waals surface area contributed by atoms with Crippen LogP contribution in [0, 0.1) is 0 Å². The number of aromatic nitrogens is 3. The van der Waals surface area contributed by atoms with Crippen molar-refractivity contribution < 1.29 is 9.31 Å². The van der Waals surface area contributed by atoms with E-state index in [1.807, 2.05) is 65.3 Å². The minimum absolute atomic E-state index is 0.0565. The van der Waals surface area contributed by atoms with Gasteiger partial charge in [-0.15, -0.1) is 4.52 Å². The minimum Gasteiger partial charge on any atom is -0.326 e. The van der Waals surface area contributed by atoms with E-state index in [0.29, 0.717) is 18.1 Å². The Bertz CT molecular complexity index is 1110. The van der Waals surface area contributed by atoms with Gasteiger partial charge >= 0.3 is 11.6 Å². The Labute approximate surface area is 168 Å². The topological polar surface area (TPSA) is 73.9 Å². The molecule has 2 heterocycles. The van der Waals surface area contributed by atoms with Crippen LogP contribution in [0.5, 0.6) is 0 Å². The van der Waals surface area contributed by atoms with Gasteiger partial charge < -0.3 is 10.6 Å². The Morgan fingerprint density at radius 2 is 1.86 bits per heavy atom. The lowest BCUT2D eigenvalue weighted by Gasteiger charge is -2.06. The summed E-state index contributed by atoms with van der Waals surface area (Å²) >= 11 is 4.08. The van der Waals surface area contributed by atoms with Gasteiger partial charge in [-0.3, -0.25) is 4.79 Å². The number of hydrogen-bond donors (Lipinski definition) is 4. The van der Waals surface area contributed by atoms with Crippen molar-refractivity contribution in [2.75, 3.05) is 16.4 Å². The fourth-order valence-corrected chi connectivity index (χ4v) is 3.19. The van der Waals surface area contributed by atoms with Crippen molar-refractivity contribution in [2.24, 2.45) is 0 Å². The van der Waals surface area contributed by atoms with E-state index in [-0.39, 0.29) is 5.91 Å². The third-order valence-electron chi connectivity index (χ3n) is 4.24. The molecule has 140 valence electrons. The summed E-state index contributed by atoms with van der Waals surface area (Å²) in [5.74, 6) is 1.07. The molecule has 28 heavy (non-hydrogen) atoms. The number of hydrogen-bond acceptors (Lipinski definition) is 4. The van der Waals surface area contributed by atoms with Crippen LogP contribution < -0.4 is 15.1 Å². The van der Waals surface area contributed by atoms with Crippen LogP contribution >= 0.6 is 12.6 Å². The highest BCUT2D eigenvalue weighted by molar-refractivity contribution is 7.80. The van der Waals surface area contributed by atoms with E-state index >= 15 is 0 Å². The number of thiol groups is 1. The van der Waals surface area contributed by atoms with Crippen molar-refractivity contribution in [3.63, 3.8) is 0 Å². The van der Waals surface area contributed by atoms with E-state index < -0.39 is 0 Å². The number of fused-ring (bicyclic) bond motifs is 1. The first-order chi connectivity index (χ1) is 13.7. The van der Waals surface area contributed by atoms with Crippen molar-refractivity contribution in [1.82, 2.24) is 10.1 Å². The van der Waals surface area contributed by atoms with Gasteiger partial charge in [-0.05, 0) is 41.6 Å². The molecule has 0 aliphatic carbocycles. The molecular weight excluding hydrogens is 370 g/mol. The van der Waals surface area contributed by atoms with E-state index in [1.54, 1.807) is 0 Å². The first kappa shape index (κ1) is 18.1. The number of carbonyl (C=O) groups is 1. The third kappa shape index (κ3) is 3.99. The van der Waals surface area contributed by atoms with Crippen LogP contribution in [-0.2, 0) is 4.79 Å². The van der Waals surface area contributed by atoms with Gasteiger partial charge in [0.2, 0.25) is 5.91 Å². The molecule has 0 aliphatic rings. The van der Waals surface area contributed by atoms with Crippen molar-refractivity contribution in [3.05, 3.63) is 72.9 Å². The highest BCUT2D eigenvalue weighted by Crippen LogP contribution is 2.23. The Morgan fingerprint density at radius 3 is 2.68 bits per heavy atom. The summed E-state index contributed by atoms with van der Waals surface area (Å²) in [7, 11) is 0. The molecule has 7 heteroatoms. The summed E-state index contributed by atoms with van der Waals surface area (Å²) in [5.41, 5.74) is 4.53. The zero-order chi connectivity index (χ0) is 19.3. The molecule has 6 nitrogen and oxygen atoms in total. The van der Waals surface area contributed by atoms with Crippen LogP contribution in [0.1, 0.15) is 6.42 Å². The average Bonchev–Trinajstić information content (AvgIpc) is 3.11. The van der Waals surface area contributed by atoms with Gasteiger partial charge in [0.05, 0.1) is 5.56 Å². The molecule has 0 aliphatic heterocycles. The molecular formula is C21H20N5OS+. The fraction of sp³-hybridized carbons (Fsp3) is 0.0952. The minimum atomic E-state index is -0.0565. The zero-order valence-corrected chi connectivity index (χ0v) is 16.0. The van der Waals surface area contributed by atoms with Gasteiger partial charge in [-0.25, -0.2) is 0 Å². The molecule has 0 bridgehead atoms. The largest absolute Gasteiger partial charge is 0.358 e. The van der Waals surface area contributed by atoms with Crippen LogP contribution in [0.25, 0.3) is 16.8 Å². The van der Waals surface area contributed by atoms with Crippen LogP contribution in [-0.4, -0.2) is 21.7 Å². The Morgan fingerprint density at radius 1 is 1.04 bits per heavy atom. The molecule has 0 unspecified atom stereocenters. The maximum atomic E-state index is 11.8. The predicted octanol–water partition coefficient (Wildman–Crippen LogP) is 3.82. The van der Waals surface area contributed by atoms with Crippen molar-refractivity contribution in [3.8, 4) is 11.1 Å². The van der Waals surface area contributed by atoms with Crippen molar-refractivity contribution >= 4 is 41.5 Å². The van der Waals surface area contributed by atoms with E-state index in [4.69, 9.17) is 4.98 Å². The second-order valence-corrected chi connectivity index (χ2v) is 6.73. The number of H-pyrrole nitrogens is 1.